The van der Waals surface area contributed by atoms with Gasteiger partial charge >= 0.3 is 5.97 Å². The van der Waals surface area contributed by atoms with E-state index >= 15 is 0 Å². The lowest BCUT2D eigenvalue weighted by Gasteiger charge is -2.07. The third-order valence-corrected chi connectivity index (χ3v) is 3.28. The van der Waals surface area contributed by atoms with Crippen LogP contribution in [0.15, 0.2) is 23.8 Å². The van der Waals surface area contributed by atoms with Crippen molar-refractivity contribution < 1.29 is 13.9 Å². The average molecular weight is 248 g/mol. The molecule has 0 radical (unpaired) electrons. The SMILES string of the molecule is CCOC(=O)CC1=C(CC)Cc2ccc(F)cc21. The summed E-state index contributed by atoms with van der Waals surface area (Å²) in [4.78, 5) is 11.6. The van der Waals surface area contributed by atoms with E-state index in [1.54, 1.807) is 13.0 Å². The molecule has 0 unspecified atom stereocenters. The summed E-state index contributed by atoms with van der Waals surface area (Å²) < 4.78 is 18.3. The van der Waals surface area contributed by atoms with Crippen LogP contribution in [0.1, 0.15) is 37.8 Å². The summed E-state index contributed by atoms with van der Waals surface area (Å²) in [6.45, 7) is 4.22. The highest BCUT2D eigenvalue weighted by atomic mass is 19.1. The minimum absolute atomic E-state index is 0.240. The monoisotopic (exact) mass is 248 g/mol. The second-order valence-corrected chi connectivity index (χ2v) is 4.40. The van der Waals surface area contributed by atoms with Crippen LogP contribution in [0, 0.1) is 5.82 Å². The first kappa shape index (κ1) is 12.8. The lowest BCUT2D eigenvalue weighted by Crippen LogP contribution is -2.05. The van der Waals surface area contributed by atoms with Gasteiger partial charge in [0.15, 0.2) is 0 Å². The lowest BCUT2D eigenvalue weighted by molar-refractivity contribution is -0.141. The van der Waals surface area contributed by atoms with Gasteiger partial charge in [-0.05, 0) is 48.6 Å². The molecule has 0 aromatic heterocycles. The first-order valence-corrected chi connectivity index (χ1v) is 6.31. The minimum Gasteiger partial charge on any atom is -0.466 e. The topological polar surface area (TPSA) is 26.3 Å². The fourth-order valence-corrected chi connectivity index (χ4v) is 2.43. The van der Waals surface area contributed by atoms with E-state index in [-0.39, 0.29) is 18.2 Å². The number of rotatable bonds is 4. The Morgan fingerprint density at radius 2 is 2.17 bits per heavy atom. The number of fused-ring (bicyclic) bond motifs is 1. The van der Waals surface area contributed by atoms with E-state index in [0.29, 0.717) is 6.61 Å². The Hall–Kier alpha value is -1.64. The van der Waals surface area contributed by atoms with Crippen molar-refractivity contribution in [2.45, 2.75) is 33.1 Å². The molecular weight excluding hydrogens is 231 g/mol. The van der Waals surface area contributed by atoms with Crippen molar-refractivity contribution in [3.63, 3.8) is 0 Å². The maximum Gasteiger partial charge on any atom is 0.310 e. The second-order valence-electron chi connectivity index (χ2n) is 4.40. The molecule has 0 aliphatic heterocycles. The van der Waals surface area contributed by atoms with E-state index in [1.807, 2.05) is 0 Å². The highest BCUT2D eigenvalue weighted by Gasteiger charge is 2.23. The van der Waals surface area contributed by atoms with Gasteiger partial charge in [-0.1, -0.05) is 18.6 Å². The molecule has 1 aliphatic rings. The maximum absolute atomic E-state index is 13.3. The number of carbonyl (C=O) groups is 1. The predicted octanol–water partition coefficient (Wildman–Crippen LogP) is 3.50. The van der Waals surface area contributed by atoms with Gasteiger partial charge in [0.2, 0.25) is 0 Å². The van der Waals surface area contributed by atoms with E-state index in [0.717, 1.165) is 29.5 Å². The molecule has 0 N–H and O–H groups in total. The summed E-state index contributed by atoms with van der Waals surface area (Å²) in [5.74, 6) is -0.497. The first-order valence-electron chi connectivity index (χ1n) is 6.31. The summed E-state index contributed by atoms with van der Waals surface area (Å²) >= 11 is 0. The van der Waals surface area contributed by atoms with Crippen LogP contribution >= 0.6 is 0 Å². The Labute approximate surface area is 106 Å². The molecule has 1 aliphatic carbocycles. The number of hydrogen-bond donors (Lipinski definition) is 0. The van der Waals surface area contributed by atoms with Crippen LogP contribution in [0.2, 0.25) is 0 Å². The van der Waals surface area contributed by atoms with Gasteiger partial charge < -0.3 is 4.74 Å². The summed E-state index contributed by atoms with van der Waals surface area (Å²) in [5, 5.41) is 0. The van der Waals surface area contributed by atoms with Crippen molar-refractivity contribution in [1.29, 1.82) is 0 Å². The molecule has 0 saturated heterocycles. The number of benzene rings is 1. The molecule has 2 nitrogen and oxygen atoms in total. The molecule has 96 valence electrons. The van der Waals surface area contributed by atoms with E-state index in [4.69, 9.17) is 4.74 Å². The summed E-state index contributed by atoms with van der Waals surface area (Å²) in [5.41, 5.74) is 4.14. The molecule has 0 saturated carbocycles. The molecule has 0 heterocycles. The normalized spacial score (nSPS) is 13.7. The molecule has 0 bridgehead atoms. The largest absolute Gasteiger partial charge is 0.466 e. The van der Waals surface area contributed by atoms with Gasteiger partial charge in [-0.15, -0.1) is 0 Å². The van der Waals surface area contributed by atoms with Crippen LogP contribution in [-0.2, 0) is 16.0 Å². The smallest absolute Gasteiger partial charge is 0.310 e. The highest BCUT2D eigenvalue weighted by Crippen LogP contribution is 2.37. The Bertz CT molecular complexity index is 503. The second kappa shape index (κ2) is 5.34. The summed E-state index contributed by atoms with van der Waals surface area (Å²) in [6.07, 6.45) is 1.94. The fourth-order valence-electron chi connectivity index (χ4n) is 2.43. The van der Waals surface area contributed by atoms with Crippen LogP contribution < -0.4 is 0 Å². The molecule has 0 atom stereocenters. The maximum atomic E-state index is 13.3. The van der Waals surface area contributed by atoms with Crippen molar-refractivity contribution >= 4 is 11.5 Å². The van der Waals surface area contributed by atoms with Crippen LogP contribution in [0.4, 0.5) is 4.39 Å². The molecule has 0 amide bonds. The highest BCUT2D eigenvalue weighted by molar-refractivity contribution is 5.89. The standard InChI is InChI=1S/C15H17FO2/c1-3-10-7-11-5-6-12(16)8-13(11)14(10)9-15(17)18-4-2/h5-6,8H,3-4,7,9H2,1-2H3. The first-order chi connectivity index (χ1) is 8.65. The van der Waals surface area contributed by atoms with Crippen LogP contribution in [-0.4, -0.2) is 12.6 Å². The quantitative estimate of drug-likeness (QED) is 0.762. The molecule has 0 fully saturated rings. The molecule has 0 spiro atoms. The van der Waals surface area contributed by atoms with Crippen LogP contribution in [0.3, 0.4) is 0 Å². The van der Waals surface area contributed by atoms with Gasteiger partial charge in [0.05, 0.1) is 13.0 Å². The minimum atomic E-state index is -0.257. The molecule has 18 heavy (non-hydrogen) atoms. The summed E-state index contributed by atoms with van der Waals surface area (Å²) in [7, 11) is 0. The molecular formula is C15H17FO2. The Balaban J connectivity index is 2.31. The van der Waals surface area contributed by atoms with Crippen LogP contribution in [0.25, 0.3) is 5.57 Å². The van der Waals surface area contributed by atoms with E-state index in [1.165, 1.54) is 17.7 Å². The molecule has 1 aromatic rings. The molecule has 2 rings (SSSR count). The van der Waals surface area contributed by atoms with E-state index < -0.39 is 0 Å². The van der Waals surface area contributed by atoms with Crippen molar-refractivity contribution in [2.24, 2.45) is 0 Å². The number of carbonyl (C=O) groups excluding carboxylic acids is 1. The van der Waals surface area contributed by atoms with Gasteiger partial charge in [-0.25, -0.2) is 4.39 Å². The Morgan fingerprint density at radius 1 is 1.39 bits per heavy atom. The number of allylic oxidation sites excluding steroid dienone is 1. The molecule has 3 heteroatoms. The lowest BCUT2D eigenvalue weighted by atomic mass is 10.0. The average Bonchev–Trinajstić information content (AvgIpc) is 2.67. The van der Waals surface area contributed by atoms with Gasteiger partial charge in [0.25, 0.3) is 0 Å². The zero-order valence-corrected chi connectivity index (χ0v) is 10.8. The van der Waals surface area contributed by atoms with Gasteiger partial charge in [0.1, 0.15) is 5.82 Å². The number of hydrogen-bond acceptors (Lipinski definition) is 2. The zero-order chi connectivity index (χ0) is 13.1. The van der Waals surface area contributed by atoms with Gasteiger partial charge in [-0.2, -0.15) is 0 Å². The Kier molecular flexibility index (Phi) is 3.80. The number of halogens is 1. The zero-order valence-electron chi connectivity index (χ0n) is 10.8. The van der Waals surface area contributed by atoms with E-state index in [2.05, 4.69) is 6.92 Å². The third-order valence-electron chi connectivity index (χ3n) is 3.28. The van der Waals surface area contributed by atoms with E-state index in [9.17, 15) is 9.18 Å². The van der Waals surface area contributed by atoms with Crippen molar-refractivity contribution in [1.82, 2.24) is 0 Å². The predicted molar refractivity (Wildman–Crippen MR) is 68.6 cm³/mol. The number of esters is 1. The number of ether oxygens (including phenoxy) is 1. The van der Waals surface area contributed by atoms with Crippen molar-refractivity contribution in [2.75, 3.05) is 6.61 Å². The summed E-state index contributed by atoms with van der Waals surface area (Å²) in [6, 6.07) is 4.80. The van der Waals surface area contributed by atoms with Crippen molar-refractivity contribution in [3.05, 3.63) is 40.7 Å². The third kappa shape index (κ3) is 2.45. The van der Waals surface area contributed by atoms with Gasteiger partial charge in [0, 0.05) is 0 Å². The Morgan fingerprint density at radius 3 is 2.83 bits per heavy atom. The fraction of sp³-hybridized carbons (Fsp3) is 0.400. The molecule has 1 aromatic carbocycles. The van der Waals surface area contributed by atoms with Crippen LogP contribution in [0.5, 0.6) is 0 Å². The van der Waals surface area contributed by atoms with Crippen molar-refractivity contribution in [3.8, 4) is 0 Å². The van der Waals surface area contributed by atoms with Gasteiger partial charge in [-0.3, -0.25) is 4.79 Å².